The summed E-state index contributed by atoms with van der Waals surface area (Å²) in [6.45, 7) is -0.115. The first-order valence-corrected chi connectivity index (χ1v) is 7.61. The molecule has 8 heteroatoms. The minimum Gasteiger partial charge on any atom is -0.506 e. The normalized spacial score (nSPS) is 10.8. The number of phenols is 1. The molecule has 0 spiro atoms. The third kappa shape index (κ3) is 3.38. The van der Waals surface area contributed by atoms with E-state index in [1.165, 1.54) is 18.3 Å². The Balaban J connectivity index is 2.03. The van der Waals surface area contributed by atoms with Crippen LogP contribution in [0.5, 0.6) is 11.6 Å². The SMILES string of the molecule is O=C(c1ccc2ncc(OCCO)nc2c1)c1c(F)ccc(O)c1Cl. The number of phenolic OH excluding ortho intramolecular Hbond substituents is 1. The number of aromatic nitrogens is 2. The summed E-state index contributed by atoms with van der Waals surface area (Å²) in [6, 6.07) is 6.49. The maximum Gasteiger partial charge on any atom is 0.232 e. The molecular formula is C17H12ClFN2O4. The fourth-order valence-corrected chi connectivity index (χ4v) is 2.49. The zero-order chi connectivity index (χ0) is 18.0. The van der Waals surface area contributed by atoms with Gasteiger partial charge >= 0.3 is 0 Å². The van der Waals surface area contributed by atoms with E-state index in [2.05, 4.69) is 9.97 Å². The monoisotopic (exact) mass is 362 g/mol. The predicted molar refractivity (Wildman–Crippen MR) is 88.6 cm³/mol. The molecule has 128 valence electrons. The highest BCUT2D eigenvalue weighted by atomic mass is 35.5. The van der Waals surface area contributed by atoms with Crippen molar-refractivity contribution in [1.29, 1.82) is 0 Å². The second kappa shape index (κ2) is 7.00. The van der Waals surface area contributed by atoms with Gasteiger partial charge in [0.2, 0.25) is 5.88 Å². The van der Waals surface area contributed by atoms with E-state index in [0.717, 1.165) is 12.1 Å². The van der Waals surface area contributed by atoms with E-state index < -0.39 is 17.2 Å². The molecule has 25 heavy (non-hydrogen) atoms. The minimum absolute atomic E-state index is 0.0585. The lowest BCUT2D eigenvalue weighted by molar-refractivity contribution is 0.103. The van der Waals surface area contributed by atoms with Crippen molar-refractivity contribution in [1.82, 2.24) is 9.97 Å². The quantitative estimate of drug-likeness (QED) is 0.678. The van der Waals surface area contributed by atoms with E-state index in [9.17, 15) is 14.3 Å². The molecule has 0 saturated heterocycles. The van der Waals surface area contributed by atoms with Crippen LogP contribution in [0.2, 0.25) is 5.02 Å². The highest BCUT2D eigenvalue weighted by Crippen LogP contribution is 2.31. The van der Waals surface area contributed by atoms with Crippen LogP contribution in [-0.4, -0.2) is 39.2 Å². The first-order valence-electron chi connectivity index (χ1n) is 7.23. The van der Waals surface area contributed by atoms with Crippen LogP contribution in [-0.2, 0) is 0 Å². The van der Waals surface area contributed by atoms with Crippen LogP contribution < -0.4 is 4.74 Å². The molecule has 2 N–H and O–H groups in total. The van der Waals surface area contributed by atoms with Crippen molar-refractivity contribution >= 4 is 28.4 Å². The van der Waals surface area contributed by atoms with Crippen molar-refractivity contribution in [3.8, 4) is 11.6 Å². The number of aromatic hydroxyl groups is 1. The van der Waals surface area contributed by atoms with E-state index in [0.29, 0.717) is 11.0 Å². The predicted octanol–water partition coefficient (Wildman–Crippen LogP) is 2.73. The smallest absolute Gasteiger partial charge is 0.232 e. The van der Waals surface area contributed by atoms with Crippen LogP contribution in [0, 0.1) is 5.82 Å². The Morgan fingerprint density at radius 1 is 1.24 bits per heavy atom. The van der Waals surface area contributed by atoms with Gasteiger partial charge in [-0.2, -0.15) is 0 Å². The molecule has 0 bridgehead atoms. The molecule has 3 aromatic rings. The van der Waals surface area contributed by atoms with Gasteiger partial charge in [-0.3, -0.25) is 4.79 Å². The standard InChI is InChI=1S/C17H12ClFN2O4/c18-16-13(23)4-2-10(19)15(16)17(24)9-1-3-11-12(7-9)21-14(8-20-11)25-6-5-22/h1-4,7-8,22-23H,5-6H2. The Bertz CT molecular complexity index is 965. The van der Waals surface area contributed by atoms with Crippen molar-refractivity contribution in [3.05, 3.63) is 58.5 Å². The van der Waals surface area contributed by atoms with Crippen molar-refractivity contribution < 1.29 is 24.1 Å². The third-order valence-electron chi connectivity index (χ3n) is 3.42. The number of hydrogen-bond donors (Lipinski definition) is 2. The van der Waals surface area contributed by atoms with Gasteiger partial charge in [0.15, 0.2) is 5.78 Å². The van der Waals surface area contributed by atoms with Crippen LogP contribution in [0.4, 0.5) is 4.39 Å². The van der Waals surface area contributed by atoms with E-state index >= 15 is 0 Å². The summed E-state index contributed by atoms with van der Waals surface area (Å²) in [5.74, 6) is -1.72. The second-order valence-electron chi connectivity index (χ2n) is 5.07. The average molecular weight is 363 g/mol. The van der Waals surface area contributed by atoms with E-state index in [1.54, 1.807) is 6.07 Å². The number of carbonyl (C=O) groups is 1. The molecular weight excluding hydrogens is 351 g/mol. The van der Waals surface area contributed by atoms with Crippen molar-refractivity contribution in [2.24, 2.45) is 0 Å². The topological polar surface area (TPSA) is 92.5 Å². The van der Waals surface area contributed by atoms with Gasteiger partial charge in [-0.15, -0.1) is 0 Å². The van der Waals surface area contributed by atoms with Crippen LogP contribution in [0.25, 0.3) is 11.0 Å². The fraction of sp³-hybridized carbons (Fsp3) is 0.118. The van der Waals surface area contributed by atoms with E-state index in [-0.39, 0.29) is 35.4 Å². The number of hydrogen-bond acceptors (Lipinski definition) is 6. The lowest BCUT2D eigenvalue weighted by Gasteiger charge is -2.08. The van der Waals surface area contributed by atoms with Crippen LogP contribution in [0.1, 0.15) is 15.9 Å². The fourth-order valence-electron chi connectivity index (χ4n) is 2.25. The van der Waals surface area contributed by atoms with Gasteiger partial charge in [0.05, 0.1) is 34.4 Å². The molecule has 0 aliphatic carbocycles. The number of benzene rings is 2. The van der Waals surface area contributed by atoms with Gasteiger partial charge in [0, 0.05) is 5.56 Å². The Labute approximate surface area is 146 Å². The summed E-state index contributed by atoms with van der Waals surface area (Å²) in [7, 11) is 0. The first-order chi connectivity index (χ1) is 12.0. The van der Waals surface area contributed by atoms with Crippen LogP contribution in [0.15, 0.2) is 36.5 Å². The zero-order valence-electron chi connectivity index (χ0n) is 12.7. The lowest BCUT2D eigenvalue weighted by Crippen LogP contribution is -2.06. The molecule has 1 heterocycles. The molecule has 1 aromatic heterocycles. The van der Waals surface area contributed by atoms with E-state index in [1.807, 2.05) is 0 Å². The maximum absolute atomic E-state index is 14.0. The molecule has 6 nitrogen and oxygen atoms in total. The summed E-state index contributed by atoms with van der Waals surface area (Å²) in [5.41, 5.74) is 0.586. The summed E-state index contributed by atoms with van der Waals surface area (Å²) in [6.07, 6.45) is 1.39. The Kier molecular flexibility index (Phi) is 4.78. The number of ketones is 1. The Morgan fingerprint density at radius 2 is 2.04 bits per heavy atom. The number of nitrogens with zero attached hydrogens (tertiary/aromatic N) is 2. The third-order valence-corrected chi connectivity index (χ3v) is 3.80. The molecule has 0 aliphatic rings. The molecule has 0 fully saturated rings. The number of rotatable bonds is 5. The minimum atomic E-state index is -0.834. The second-order valence-corrected chi connectivity index (χ2v) is 5.45. The van der Waals surface area contributed by atoms with Gasteiger partial charge in [-0.05, 0) is 30.3 Å². The molecule has 0 unspecified atom stereocenters. The van der Waals surface area contributed by atoms with Gasteiger partial charge in [-0.1, -0.05) is 11.6 Å². The molecule has 2 aromatic carbocycles. The molecule has 3 rings (SSSR count). The molecule has 0 aliphatic heterocycles. The summed E-state index contributed by atoms with van der Waals surface area (Å²) < 4.78 is 19.2. The van der Waals surface area contributed by atoms with Crippen molar-refractivity contribution in [2.75, 3.05) is 13.2 Å². The lowest BCUT2D eigenvalue weighted by atomic mass is 10.0. The maximum atomic E-state index is 14.0. The molecule has 0 amide bonds. The van der Waals surface area contributed by atoms with E-state index in [4.69, 9.17) is 21.4 Å². The zero-order valence-corrected chi connectivity index (χ0v) is 13.5. The summed E-state index contributed by atoms with van der Waals surface area (Å²) in [5, 5.41) is 18.0. The van der Waals surface area contributed by atoms with Crippen LogP contribution in [0.3, 0.4) is 0 Å². The highest BCUT2D eigenvalue weighted by Gasteiger charge is 2.21. The molecule has 0 saturated carbocycles. The number of carbonyl (C=O) groups excluding carboxylic acids is 1. The largest absolute Gasteiger partial charge is 0.506 e. The highest BCUT2D eigenvalue weighted by molar-refractivity contribution is 6.36. The van der Waals surface area contributed by atoms with Gasteiger partial charge < -0.3 is 14.9 Å². The first kappa shape index (κ1) is 17.1. The number of aliphatic hydroxyl groups is 1. The van der Waals surface area contributed by atoms with Gasteiger partial charge in [-0.25, -0.2) is 14.4 Å². The summed E-state index contributed by atoms with van der Waals surface area (Å²) in [4.78, 5) is 20.9. The summed E-state index contributed by atoms with van der Waals surface area (Å²) >= 11 is 5.86. The van der Waals surface area contributed by atoms with Gasteiger partial charge in [0.1, 0.15) is 18.2 Å². The number of ether oxygens (including phenoxy) is 1. The van der Waals surface area contributed by atoms with Crippen LogP contribution >= 0.6 is 11.6 Å². The number of halogens is 2. The average Bonchev–Trinajstić information content (AvgIpc) is 2.62. The Hall–Kier alpha value is -2.77. The Morgan fingerprint density at radius 3 is 2.80 bits per heavy atom. The molecule has 0 atom stereocenters. The van der Waals surface area contributed by atoms with Crippen molar-refractivity contribution in [3.63, 3.8) is 0 Å². The van der Waals surface area contributed by atoms with Gasteiger partial charge in [0.25, 0.3) is 0 Å². The number of aliphatic hydroxyl groups excluding tert-OH is 1. The van der Waals surface area contributed by atoms with Crippen molar-refractivity contribution in [2.45, 2.75) is 0 Å². The molecule has 0 radical (unpaired) electrons. The number of fused-ring (bicyclic) bond motifs is 1.